The van der Waals surface area contributed by atoms with Crippen LogP contribution < -0.4 is 16.0 Å². The summed E-state index contributed by atoms with van der Waals surface area (Å²) in [5.74, 6) is -0.389. The van der Waals surface area contributed by atoms with Crippen LogP contribution in [0.15, 0.2) is 67.3 Å². The van der Waals surface area contributed by atoms with Gasteiger partial charge in [0.1, 0.15) is 0 Å². The highest BCUT2D eigenvalue weighted by molar-refractivity contribution is 6.06. The van der Waals surface area contributed by atoms with Gasteiger partial charge in [0.15, 0.2) is 5.82 Å². The van der Waals surface area contributed by atoms with E-state index < -0.39 is 5.54 Å². The summed E-state index contributed by atoms with van der Waals surface area (Å²) >= 11 is 0. The van der Waals surface area contributed by atoms with Gasteiger partial charge in [0.05, 0.1) is 23.8 Å². The van der Waals surface area contributed by atoms with Gasteiger partial charge in [0.2, 0.25) is 5.91 Å². The van der Waals surface area contributed by atoms with Crippen LogP contribution in [0.4, 0.5) is 16.3 Å². The number of urea groups is 1. The van der Waals surface area contributed by atoms with E-state index in [0.717, 1.165) is 22.9 Å². The van der Waals surface area contributed by atoms with E-state index in [1.807, 2.05) is 63.2 Å². The van der Waals surface area contributed by atoms with Crippen molar-refractivity contribution in [3.05, 3.63) is 89.6 Å². The van der Waals surface area contributed by atoms with Gasteiger partial charge in [-0.3, -0.25) is 14.7 Å². The van der Waals surface area contributed by atoms with Crippen molar-refractivity contribution in [2.75, 3.05) is 31.3 Å². The highest BCUT2D eigenvalue weighted by Gasteiger charge is 2.44. The summed E-state index contributed by atoms with van der Waals surface area (Å²) in [6, 6.07) is 16.0. The van der Waals surface area contributed by atoms with E-state index in [-0.39, 0.29) is 30.4 Å². The van der Waals surface area contributed by atoms with E-state index in [1.54, 1.807) is 29.2 Å². The van der Waals surface area contributed by atoms with E-state index >= 15 is 0 Å². The fourth-order valence-electron chi connectivity index (χ4n) is 4.57. The van der Waals surface area contributed by atoms with Gasteiger partial charge in [-0.15, -0.1) is 0 Å². The lowest BCUT2D eigenvalue weighted by molar-refractivity contribution is -0.111. The molecule has 2 aromatic carbocycles. The minimum Gasteiger partial charge on any atom is -0.330 e. The van der Waals surface area contributed by atoms with Crippen LogP contribution in [0, 0.1) is 0 Å². The quantitative estimate of drug-likeness (QED) is 0.340. The number of benzene rings is 2. The number of aromatic nitrogens is 2. The maximum atomic E-state index is 13.5. The number of hydrogen-bond acceptors (Lipinski definition) is 5. The summed E-state index contributed by atoms with van der Waals surface area (Å²) < 4.78 is 0. The Morgan fingerprint density at radius 1 is 1.13 bits per heavy atom. The fraction of sp³-hybridized carbons (Fsp3) is 0.286. The second-order valence-corrected chi connectivity index (χ2v) is 9.97. The normalized spacial score (nSPS) is 14.5. The van der Waals surface area contributed by atoms with Crippen LogP contribution in [-0.2, 0) is 16.9 Å². The largest absolute Gasteiger partial charge is 0.330 e. The third kappa shape index (κ3) is 5.60. The Labute approximate surface area is 222 Å². The molecule has 1 aliphatic heterocycles. The molecule has 0 saturated carbocycles. The van der Waals surface area contributed by atoms with E-state index in [2.05, 4.69) is 32.7 Å². The lowest BCUT2D eigenvalue weighted by atomic mass is 10.0. The molecule has 1 atom stereocenters. The minimum atomic E-state index is -0.677. The first kappa shape index (κ1) is 26.6. The number of rotatable bonds is 8. The van der Waals surface area contributed by atoms with Crippen LogP contribution in [-0.4, -0.2) is 58.5 Å². The van der Waals surface area contributed by atoms with E-state index in [9.17, 15) is 14.4 Å². The maximum Gasteiger partial charge on any atom is 0.319 e. The lowest BCUT2D eigenvalue weighted by Crippen LogP contribution is -2.48. The lowest BCUT2D eigenvalue weighted by Gasteiger charge is -2.34. The zero-order valence-electron chi connectivity index (χ0n) is 22.0. The summed E-state index contributed by atoms with van der Waals surface area (Å²) in [4.78, 5) is 41.9. The van der Waals surface area contributed by atoms with Crippen molar-refractivity contribution < 1.29 is 14.4 Å². The molecule has 0 radical (unpaired) electrons. The molecule has 0 spiro atoms. The predicted octanol–water partition coefficient (Wildman–Crippen LogP) is 3.85. The number of hydrogen-bond donors (Lipinski definition) is 4. The van der Waals surface area contributed by atoms with Gasteiger partial charge in [-0.1, -0.05) is 43.0 Å². The molecule has 2 heterocycles. The van der Waals surface area contributed by atoms with Crippen LogP contribution in [0.25, 0.3) is 0 Å². The third-order valence-electron chi connectivity index (χ3n) is 6.57. The van der Waals surface area contributed by atoms with Gasteiger partial charge in [-0.2, -0.15) is 5.10 Å². The number of carbonyl (C=O) groups is 3. The van der Waals surface area contributed by atoms with Crippen molar-refractivity contribution in [3.63, 3.8) is 0 Å². The Morgan fingerprint density at radius 2 is 1.87 bits per heavy atom. The number of likely N-dealkylation sites (N-methyl/N-ethyl adjacent to an activating group) is 1. The van der Waals surface area contributed by atoms with Gasteiger partial charge in [-0.05, 0) is 57.8 Å². The molecule has 0 bridgehead atoms. The molecule has 3 aromatic rings. The molecule has 4 amide bonds. The maximum absolute atomic E-state index is 13.5. The molecule has 0 aliphatic carbocycles. The summed E-state index contributed by atoms with van der Waals surface area (Å²) in [6.45, 7) is 8.24. The van der Waals surface area contributed by atoms with Gasteiger partial charge >= 0.3 is 6.03 Å². The molecule has 4 rings (SSSR count). The molecule has 1 aliphatic rings. The fourth-order valence-corrected chi connectivity index (χ4v) is 4.57. The molecule has 0 fully saturated rings. The van der Waals surface area contributed by atoms with Crippen molar-refractivity contribution >= 4 is 29.4 Å². The predicted molar refractivity (Wildman–Crippen MR) is 147 cm³/mol. The summed E-state index contributed by atoms with van der Waals surface area (Å²) in [7, 11) is 3.94. The summed E-state index contributed by atoms with van der Waals surface area (Å²) in [5.41, 5.74) is 2.68. The number of fused-ring (bicyclic) bond motifs is 1. The number of anilines is 2. The monoisotopic (exact) mass is 515 g/mol. The highest BCUT2D eigenvalue weighted by atomic mass is 16.2. The Morgan fingerprint density at radius 3 is 2.55 bits per heavy atom. The van der Waals surface area contributed by atoms with Gasteiger partial charge in [-0.25, -0.2) is 4.79 Å². The zero-order chi connectivity index (χ0) is 27.4. The Balaban J connectivity index is 1.50. The highest BCUT2D eigenvalue weighted by Crippen LogP contribution is 2.40. The zero-order valence-corrected chi connectivity index (χ0v) is 22.0. The molecular weight excluding hydrogens is 482 g/mol. The summed E-state index contributed by atoms with van der Waals surface area (Å²) in [5, 5.41) is 16.0. The van der Waals surface area contributed by atoms with Crippen molar-refractivity contribution in [1.82, 2.24) is 25.3 Å². The first-order chi connectivity index (χ1) is 18.1. The van der Waals surface area contributed by atoms with Crippen LogP contribution in [0.1, 0.15) is 47.1 Å². The molecular formula is C28H33N7O3. The molecule has 1 aromatic heterocycles. The number of aromatic amines is 1. The van der Waals surface area contributed by atoms with Crippen molar-refractivity contribution in [3.8, 4) is 0 Å². The van der Waals surface area contributed by atoms with Crippen molar-refractivity contribution in [2.24, 2.45) is 0 Å². The van der Waals surface area contributed by atoms with Crippen LogP contribution in [0.5, 0.6) is 0 Å². The standard InChI is InChI=1S/C28H33N7O3/c1-6-23(36)29-20-14-10-13-19(15-20)26(37)31-25-21-16-35(28(2,3)24(21)32-33-25)27(38)30-22(17-34(4)5)18-11-8-7-9-12-18/h6-15,22H,1,16-17H2,2-5H3,(H,29,36)(H,30,38)(H2,31,32,33,37). The second-order valence-electron chi connectivity index (χ2n) is 9.97. The van der Waals surface area contributed by atoms with E-state index in [0.29, 0.717) is 23.6 Å². The van der Waals surface area contributed by atoms with Crippen molar-refractivity contribution in [2.45, 2.75) is 32.0 Å². The topological polar surface area (TPSA) is 122 Å². The first-order valence-electron chi connectivity index (χ1n) is 12.3. The number of nitrogens with one attached hydrogen (secondary N) is 4. The number of amides is 4. The Kier molecular flexibility index (Phi) is 7.63. The number of H-pyrrole nitrogens is 1. The van der Waals surface area contributed by atoms with Crippen LogP contribution in [0.3, 0.4) is 0 Å². The average molecular weight is 516 g/mol. The second kappa shape index (κ2) is 10.9. The smallest absolute Gasteiger partial charge is 0.319 e. The first-order valence-corrected chi connectivity index (χ1v) is 12.3. The van der Waals surface area contributed by atoms with Crippen LogP contribution in [0.2, 0.25) is 0 Å². The van der Waals surface area contributed by atoms with Crippen LogP contribution >= 0.6 is 0 Å². The third-order valence-corrected chi connectivity index (χ3v) is 6.57. The molecule has 1 unspecified atom stereocenters. The summed E-state index contributed by atoms with van der Waals surface area (Å²) in [6.07, 6.45) is 1.16. The number of carbonyl (C=O) groups excluding carboxylic acids is 3. The molecule has 198 valence electrons. The average Bonchev–Trinajstić information content (AvgIpc) is 3.41. The molecule has 10 heteroatoms. The molecule has 38 heavy (non-hydrogen) atoms. The van der Waals surface area contributed by atoms with E-state index in [1.165, 1.54) is 0 Å². The molecule has 10 nitrogen and oxygen atoms in total. The molecule has 0 saturated heterocycles. The Bertz CT molecular complexity index is 1350. The number of nitrogens with zero attached hydrogens (tertiary/aromatic N) is 3. The Hall–Kier alpha value is -4.44. The molecule has 4 N–H and O–H groups in total. The van der Waals surface area contributed by atoms with Crippen molar-refractivity contribution in [1.29, 1.82) is 0 Å². The minimum absolute atomic E-state index is 0.195. The van der Waals surface area contributed by atoms with Gasteiger partial charge < -0.3 is 25.8 Å². The van der Waals surface area contributed by atoms with Gasteiger partial charge in [0, 0.05) is 23.4 Å². The van der Waals surface area contributed by atoms with E-state index in [4.69, 9.17) is 0 Å². The van der Waals surface area contributed by atoms with Gasteiger partial charge in [0.25, 0.3) is 5.91 Å². The SMILES string of the molecule is C=CC(=O)Nc1cccc(C(=O)Nc2n[nH]c3c2CN(C(=O)NC(CN(C)C)c2ccccc2)C3(C)C)c1.